The summed E-state index contributed by atoms with van der Waals surface area (Å²) in [4.78, 5) is 26.5. The summed E-state index contributed by atoms with van der Waals surface area (Å²) >= 11 is 0. The number of carbonyl (C=O) groups is 2. The zero-order valence-corrected chi connectivity index (χ0v) is 18.9. The van der Waals surface area contributed by atoms with E-state index in [0.717, 1.165) is 16.8 Å². The molecular weight excluding hydrogens is 380 g/mol. The first-order valence-electron chi connectivity index (χ1n) is 10.0. The van der Waals surface area contributed by atoms with E-state index in [4.69, 9.17) is 15.2 Å². The van der Waals surface area contributed by atoms with Crippen LogP contribution in [0, 0.1) is 0 Å². The standard InChI is InChI=1S/C24H32N2O4/c1-8-26(22(28)30-24(5,6)7)18-11-9-10-16(14-18)17-12-13-19(20(25)15-17)21(27)29-23(2,3)4/h9-15H,8,25H2,1-7H3. The van der Waals surface area contributed by atoms with Crippen LogP contribution in [0.5, 0.6) is 0 Å². The van der Waals surface area contributed by atoms with Crippen LogP contribution in [0.2, 0.25) is 0 Å². The molecule has 162 valence electrons. The molecule has 0 aliphatic carbocycles. The van der Waals surface area contributed by atoms with Crippen molar-refractivity contribution in [3.63, 3.8) is 0 Å². The Labute approximate surface area is 179 Å². The molecule has 0 fully saturated rings. The van der Waals surface area contributed by atoms with Gasteiger partial charge >= 0.3 is 12.1 Å². The third-order valence-electron chi connectivity index (χ3n) is 4.09. The number of ether oxygens (including phenoxy) is 2. The zero-order valence-electron chi connectivity index (χ0n) is 18.9. The Morgan fingerprint density at radius 3 is 2.03 bits per heavy atom. The monoisotopic (exact) mass is 412 g/mol. The van der Waals surface area contributed by atoms with Gasteiger partial charge in [-0.25, -0.2) is 9.59 Å². The summed E-state index contributed by atoms with van der Waals surface area (Å²) in [6.07, 6.45) is -0.401. The summed E-state index contributed by atoms with van der Waals surface area (Å²) in [6, 6.07) is 12.8. The van der Waals surface area contributed by atoms with Gasteiger partial charge in [0.15, 0.2) is 0 Å². The van der Waals surface area contributed by atoms with Crippen LogP contribution >= 0.6 is 0 Å². The van der Waals surface area contributed by atoms with Gasteiger partial charge in [0.2, 0.25) is 0 Å². The van der Waals surface area contributed by atoms with Crippen molar-refractivity contribution in [3.8, 4) is 11.1 Å². The second-order valence-corrected chi connectivity index (χ2v) is 9.08. The van der Waals surface area contributed by atoms with E-state index in [2.05, 4.69) is 0 Å². The van der Waals surface area contributed by atoms with Gasteiger partial charge in [-0.2, -0.15) is 0 Å². The Morgan fingerprint density at radius 1 is 0.900 bits per heavy atom. The molecule has 0 heterocycles. The number of anilines is 2. The second-order valence-electron chi connectivity index (χ2n) is 9.08. The minimum atomic E-state index is -0.595. The molecule has 6 nitrogen and oxygen atoms in total. The summed E-state index contributed by atoms with van der Waals surface area (Å²) in [5.74, 6) is -0.456. The number of nitrogens with zero attached hydrogens (tertiary/aromatic N) is 1. The summed E-state index contributed by atoms with van der Waals surface area (Å²) in [5, 5.41) is 0. The average molecular weight is 413 g/mol. The fraction of sp³-hybridized carbons (Fsp3) is 0.417. The molecule has 0 aliphatic rings. The van der Waals surface area contributed by atoms with Crippen molar-refractivity contribution in [3.05, 3.63) is 48.0 Å². The van der Waals surface area contributed by atoms with Crippen LogP contribution in [0.25, 0.3) is 11.1 Å². The molecule has 0 saturated carbocycles. The van der Waals surface area contributed by atoms with Gasteiger partial charge in [0.1, 0.15) is 11.2 Å². The van der Waals surface area contributed by atoms with Gasteiger partial charge in [-0.05, 0) is 83.9 Å². The minimum Gasteiger partial charge on any atom is -0.456 e. The number of amides is 1. The topological polar surface area (TPSA) is 81.9 Å². The third kappa shape index (κ3) is 6.24. The van der Waals surface area contributed by atoms with Gasteiger partial charge in [-0.1, -0.05) is 18.2 Å². The fourth-order valence-electron chi connectivity index (χ4n) is 2.85. The highest BCUT2D eigenvalue weighted by molar-refractivity contribution is 5.96. The van der Waals surface area contributed by atoms with Gasteiger partial charge in [-0.15, -0.1) is 0 Å². The number of esters is 1. The van der Waals surface area contributed by atoms with Crippen molar-refractivity contribution in [1.82, 2.24) is 0 Å². The molecule has 0 radical (unpaired) electrons. The fourth-order valence-corrected chi connectivity index (χ4v) is 2.85. The van der Waals surface area contributed by atoms with Gasteiger partial charge in [0, 0.05) is 17.9 Å². The van der Waals surface area contributed by atoms with E-state index < -0.39 is 23.3 Å². The van der Waals surface area contributed by atoms with Crippen molar-refractivity contribution in [2.24, 2.45) is 0 Å². The Balaban J connectivity index is 2.32. The Hall–Kier alpha value is -3.02. The largest absolute Gasteiger partial charge is 0.456 e. The van der Waals surface area contributed by atoms with E-state index >= 15 is 0 Å². The van der Waals surface area contributed by atoms with Crippen molar-refractivity contribution in [2.75, 3.05) is 17.2 Å². The highest BCUT2D eigenvalue weighted by Gasteiger charge is 2.23. The van der Waals surface area contributed by atoms with Crippen LogP contribution in [0.1, 0.15) is 58.8 Å². The molecule has 30 heavy (non-hydrogen) atoms. The number of carbonyl (C=O) groups excluding carboxylic acids is 2. The number of nitrogens with two attached hydrogens (primary N) is 1. The van der Waals surface area contributed by atoms with E-state index in [1.807, 2.05) is 78.8 Å². The van der Waals surface area contributed by atoms with E-state index in [0.29, 0.717) is 17.8 Å². The van der Waals surface area contributed by atoms with E-state index in [9.17, 15) is 9.59 Å². The lowest BCUT2D eigenvalue weighted by molar-refractivity contribution is 0.00705. The molecule has 0 atom stereocenters. The van der Waals surface area contributed by atoms with Crippen LogP contribution in [0.15, 0.2) is 42.5 Å². The number of hydrogen-bond donors (Lipinski definition) is 1. The maximum Gasteiger partial charge on any atom is 0.414 e. The minimum absolute atomic E-state index is 0.328. The molecule has 0 unspecified atom stereocenters. The van der Waals surface area contributed by atoms with Crippen molar-refractivity contribution in [1.29, 1.82) is 0 Å². The SMILES string of the molecule is CCN(C(=O)OC(C)(C)C)c1cccc(-c2ccc(C(=O)OC(C)(C)C)c(N)c2)c1. The van der Waals surface area contributed by atoms with Crippen LogP contribution in [0.3, 0.4) is 0 Å². The van der Waals surface area contributed by atoms with Gasteiger partial charge < -0.3 is 15.2 Å². The summed E-state index contributed by atoms with van der Waals surface area (Å²) in [7, 11) is 0. The van der Waals surface area contributed by atoms with E-state index in [1.54, 1.807) is 17.0 Å². The molecule has 0 bridgehead atoms. The maximum absolute atomic E-state index is 12.6. The molecule has 2 aromatic carbocycles. The third-order valence-corrected chi connectivity index (χ3v) is 4.09. The normalized spacial score (nSPS) is 11.7. The molecule has 2 aromatic rings. The van der Waals surface area contributed by atoms with E-state index in [1.165, 1.54) is 0 Å². The molecule has 0 aliphatic heterocycles. The Morgan fingerprint density at radius 2 is 1.50 bits per heavy atom. The van der Waals surface area contributed by atoms with Crippen LogP contribution in [-0.2, 0) is 9.47 Å². The van der Waals surface area contributed by atoms with E-state index in [-0.39, 0.29) is 0 Å². The van der Waals surface area contributed by atoms with Crippen LogP contribution < -0.4 is 10.6 Å². The summed E-state index contributed by atoms with van der Waals surface area (Å²) in [5.41, 5.74) is 8.06. The molecule has 0 saturated heterocycles. The molecule has 6 heteroatoms. The first-order chi connectivity index (χ1) is 13.8. The number of rotatable bonds is 4. The molecular formula is C24H32N2O4. The molecule has 0 aromatic heterocycles. The summed E-state index contributed by atoms with van der Waals surface area (Å²) in [6.45, 7) is 13.3. The highest BCUT2D eigenvalue weighted by atomic mass is 16.6. The average Bonchev–Trinajstić information content (AvgIpc) is 2.59. The van der Waals surface area contributed by atoms with Crippen LogP contribution in [-0.4, -0.2) is 29.8 Å². The first kappa shape index (κ1) is 23.3. The predicted molar refractivity (Wildman–Crippen MR) is 121 cm³/mol. The number of benzene rings is 2. The highest BCUT2D eigenvalue weighted by Crippen LogP contribution is 2.29. The molecule has 2 N–H and O–H groups in total. The van der Waals surface area contributed by atoms with Gasteiger partial charge in [0.05, 0.1) is 5.56 Å². The van der Waals surface area contributed by atoms with Gasteiger partial charge in [0.25, 0.3) is 0 Å². The second kappa shape index (κ2) is 8.78. The lowest BCUT2D eigenvalue weighted by atomic mass is 10.0. The lowest BCUT2D eigenvalue weighted by Crippen LogP contribution is -2.36. The van der Waals surface area contributed by atoms with Crippen molar-refractivity contribution in [2.45, 2.75) is 59.7 Å². The Kier molecular flexibility index (Phi) is 6.80. The smallest absolute Gasteiger partial charge is 0.414 e. The molecule has 0 spiro atoms. The first-order valence-corrected chi connectivity index (χ1v) is 10.0. The van der Waals surface area contributed by atoms with Crippen molar-refractivity contribution < 1.29 is 19.1 Å². The predicted octanol–water partition coefficient (Wildman–Crippen LogP) is 5.65. The summed E-state index contributed by atoms with van der Waals surface area (Å²) < 4.78 is 10.9. The molecule has 2 rings (SSSR count). The van der Waals surface area contributed by atoms with Crippen LogP contribution in [0.4, 0.5) is 16.2 Å². The Bertz CT molecular complexity index is 924. The quantitative estimate of drug-likeness (QED) is 0.518. The lowest BCUT2D eigenvalue weighted by Gasteiger charge is -2.27. The number of hydrogen-bond acceptors (Lipinski definition) is 5. The number of nitrogen functional groups attached to an aromatic ring is 1. The maximum atomic E-state index is 12.6. The van der Waals surface area contributed by atoms with Crippen molar-refractivity contribution >= 4 is 23.4 Å². The molecule has 1 amide bonds. The zero-order chi connectivity index (χ0) is 22.7. The van der Waals surface area contributed by atoms with Gasteiger partial charge in [-0.3, -0.25) is 4.90 Å².